The molecule has 0 bridgehead atoms. The van der Waals surface area contributed by atoms with Crippen molar-refractivity contribution in [1.82, 2.24) is 5.43 Å². The van der Waals surface area contributed by atoms with Crippen LogP contribution in [0.1, 0.15) is 11.6 Å². The summed E-state index contributed by atoms with van der Waals surface area (Å²) in [6, 6.07) is 12.0. The zero-order chi connectivity index (χ0) is 14.5. The first-order valence-electron chi connectivity index (χ1n) is 5.91. The Bertz CT molecular complexity index is 583. The van der Waals surface area contributed by atoms with E-state index in [9.17, 15) is 4.39 Å². The van der Waals surface area contributed by atoms with Gasteiger partial charge in [-0.3, -0.25) is 5.84 Å². The molecule has 0 saturated heterocycles. The summed E-state index contributed by atoms with van der Waals surface area (Å²) in [5.41, 5.74) is 2.90. The van der Waals surface area contributed by atoms with E-state index in [1.807, 2.05) is 30.3 Å². The highest BCUT2D eigenvalue weighted by Gasteiger charge is 2.18. The van der Waals surface area contributed by atoms with Gasteiger partial charge in [0.05, 0.1) is 11.1 Å². The average molecular weight is 360 g/mol. The van der Waals surface area contributed by atoms with Gasteiger partial charge < -0.3 is 4.74 Å². The van der Waals surface area contributed by atoms with Crippen molar-refractivity contribution in [3.8, 4) is 5.75 Å². The third-order valence-corrected chi connectivity index (χ3v) is 4.06. The lowest BCUT2D eigenvalue weighted by molar-refractivity contribution is 0.264. The summed E-state index contributed by atoms with van der Waals surface area (Å²) in [4.78, 5) is 0. The maximum Gasteiger partial charge on any atom is 0.147 e. The summed E-state index contributed by atoms with van der Waals surface area (Å²) >= 11 is 9.04. The lowest BCUT2D eigenvalue weighted by atomic mass is 10.1. The molecule has 0 aliphatic carbocycles. The van der Waals surface area contributed by atoms with Gasteiger partial charge in [-0.25, -0.2) is 9.82 Å². The number of para-hydroxylation sites is 1. The highest BCUT2D eigenvalue weighted by molar-refractivity contribution is 9.10. The molecule has 0 amide bonds. The maximum absolute atomic E-state index is 14.1. The van der Waals surface area contributed by atoms with Gasteiger partial charge >= 0.3 is 0 Å². The van der Waals surface area contributed by atoms with Crippen molar-refractivity contribution >= 4 is 27.5 Å². The minimum Gasteiger partial charge on any atom is -0.492 e. The summed E-state index contributed by atoms with van der Waals surface area (Å²) < 4.78 is 20.2. The van der Waals surface area contributed by atoms with E-state index in [4.69, 9.17) is 22.2 Å². The first kappa shape index (κ1) is 15.3. The van der Waals surface area contributed by atoms with Crippen LogP contribution in [0.5, 0.6) is 5.75 Å². The molecule has 106 valence electrons. The smallest absolute Gasteiger partial charge is 0.147 e. The Morgan fingerprint density at radius 3 is 2.60 bits per heavy atom. The van der Waals surface area contributed by atoms with Crippen LogP contribution in [-0.4, -0.2) is 6.61 Å². The fourth-order valence-corrected chi connectivity index (χ4v) is 2.21. The van der Waals surface area contributed by atoms with Crippen LogP contribution < -0.4 is 16.0 Å². The second-order valence-corrected chi connectivity index (χ2v) is 5.34. The van der Waals surface area contributed by atoms with Gasteiger partial charge in [-0.05, 0) is 34.1 Å². The number of rotatable bonds is 5. The van der Waals surface area contributed by atoms with Crippen LogP contribution in [0.4, 0.5) is 4.39 Å². The molecule has 1 unspecified atom stereocenters. The molecule has 1 atom stereocenters. The molecule has 0 fully saturated rings. The predicted molar refractivity (Wildman–Crippen MR) is 81.1 cm³/mol. The quantitative estimate of drug-likeness (QED) is 0.484. The van der Waals surface area contributed by atoms with Gasteiger partial charge in [-0.2, -0.15) is 0 Å². The fourth-order valence-electron chi connectivity index (χ4n) is 1.73. The van der Waals surface area contributed by atoms with E-state index in [1.165, 1.54) is 0 Å². The molecule has 0 aliphatic rings. The molecule has 2 rings (SSSR count). The Morgan fingerprint density at radius 1 is 1.25 bits per heavy atom. The summed E-state index contributed by atoms with van der Waals surface area (Å²) in [6.45, 7) is 0.190. The van der Waals surface area contributed by atoms with Gasteiger partial charge in [0.25, 0.3) is 0 Å². The number of ether oxygens (including phenoxy) is 1. The van der Waals surface area contributed by atoms with E-state index in [-0.39, 0.29) is 11.6 Å². The van der Waals surface area contributed by atoms with E-state index in [2.05, 4.69) is 21.4 Å². The first-order valence-corrected chi connectivity index (χ1v) is 7.08. The third-order valence-electron chi connectivity index (χ3n) is 2.80. The Morgan fingerprint density at radius 2 is 1.95 bits per heavy atom. The van der Waals surface area contributed by atoms with Crippen LogP contribution in [0.2, 0.25) is 5.02 Å². The minimum atomic E-state index is -0.513. The second kappa shape index (κ2) is 7.04. The lowest BCUT2D eigenvalue weighted by Gasteiger charge is -2.18. The number of nitrogens with one attached hydrogen (secondary N) is 1. The van der Waals surface area contributed by atoms with Crippen molar-refractivity contribution in [2.75, 3.05) is 6.61 Å². The van der Waals surface area contributed by atoms with Crippen LogP contribution in [-0.2, 0) is 0 Å². The molecule has 3 N–H and O–H groups in total. The fraction of sp³-hybridized carbons (Fsp3) is 0.143. The number of halogens is 3. The van der Waals surface area contributed by atoms with Gasteiger partial charge in [0, 0.05) is 10.0 Å². The Balaban J connectivity index is 2.15. The molecule has 2 aromatic carbocycles. The SMILES string of the molecule is NNC(COc1ccccc1)c1ccc(Br)c(Cl)c1F. The predicted octanol–water partition coefficient (Wildman–Crippen LogP) is 3.83. The molecule has 0 aliphatic heterocycles. The molecule has 0 aromatic heterocycles. The molecule has 3 nitrogen and oxygen atoms in total. The molecule has 0 saturated carbocycles. The first-order chi connectivity index (χ1) is 9.63. The molecule has 0 heterocycles. The Hall–Kier alpha value is -1.14. The van der Waals surface area contributed by atoms with Crippen LogP contribution in [0.3, 0.4) is 0 Å². The molecular weight excluding hydrogens is 347 g/mol. The van der Waals surface area contributed by atoms with Crippen molar-refractivity contribution in [3.63, 3.8) is 0 Å². The van der Waals surface area contributed by atoms with E-state index < -0.39 is 11.9 Å². The number of benzene rings is 2. The zero-order valence-corrected chi connectivity index (χ0v) is 12.8. The van der Waals surface area contributed by atoms with Crippen LogP contribution in [0.15, 0.2) is 46.9 Å². The minimum absolute atomic E-state index is 0.0301. The standard InChI is InChI=1S/C14H13BrClFN2O/c15-11-7-6-10(14(17)13(11)16)12(19-18)8-20-9-4-2-1-3-5-9/h1-7,12,19H,8,18H2. The van der Waals surface area contributed by atoms with Crippen molar-refractivity contribution in [3.05, 3.63) is 63.3 Å². The van der Waals surface area contributed by atoms with Gasteiger partial charge in [0.15, 0.2) is 0 Å². The van der Waals surface area contributed by atoms with Crippen molar-refractivity contribution in [1.29, 1.82) is 0 Å². The van der Waals surface area contributed by atoms with Crippen molar-refractivity contribution < 1.29 is 9.13 Å². The Labute approximate surface area is 130 Å². The van der Waals surface area contributed by atoms with Gasteiger partial charge in [0.2, 0.25) is 0 Å². The molecule has 0 spiro atoms. The molecular formula is C14H13BrClFN2O. The van der Waals surface area contributed by atoms with Gasteiger partial charge in [-0.1, -0.05) is 35.9 Å². The van der Waals surface area contributed by atoms with Crippen LogP contribution >= 0.6 is 27.5 Å². The number of hydrogen-bond donors (Lipinski definition) is 2. The van der Waals surface area contributed by atoms with Crippen LogP contribution in [0, 0.1) is 5.82 Å². The van der Waals surface area contributed by atoms with E-state index >= 15 is 0 Å². The van der Waals surface area contributed by atoms with E-state index in [0.717, 1.165) is 0 Å². The molecule has 6 heteroatoms. The van der Waals surface area contributed by atoms with Crippen LogP contribution in [0.25, 0.3) is 0 Å². The number of nitrogens with two attached hydrogens (primary N) is 1. The normalized spacial score (nSPS) is 12.2. The average Bonchev–Trinajstić information content (AvgIpc) is 2.48. The summed E-state index contributed by atoms with van der Waals surface area (Å²) in [5, 5.41) is 0.0301. The second-order valence-electron chi connectivity index (χ2n) is 4.11. The highest BCUT2D eigenvalue weighted by Crippen LogP contribution is 2.30. The van der Waals surface area contributed by atoms with Gasteiger partial charge in [-0.15, -0.1) is 0 Å². The van der Waals surface area contributed by atoms with Crippen molar-refractivity contribution in [2.45, 2.75) is 6.04 Å². The van der Waals surface area contributed by atoms with E-state index in [0.29, 0.717) is 15.8 Å². The van der Waals surface area contributed by atoms with Crippen molar-refractivity contribution in [2.24, 2.45) is 5.84 Å². The monoisotopic (exact) mass is 358 g/mol. The highest BCUT2D eigenvalue weighted by atomic mass is 79.9. The molecule has 2 aromatic rings. The molecule has 20 heavy (non-hydrogen) atoms. The van der Waals surface area contributed by atoms with E-state index in [1.54, 1.807) is 12.1 Å². The summed E-state index contributed by atoms with van der Waals surface area (Å²) in [7, 11) is 0. The zero-order valence-electron chi connectivity index (χ0n) is 10.4. The largest absolute Gasteiger partial charge is 0.492 e. The summed E-state index contributed by atoms with van der Waals surface area (Å²) in [6.07, 6.45) is 0. The maximum atomic E-state index is 14.1. The molecule has 0 radical (unpaired) electrons. The third kappa shape index (κ3) is 3.49. The number of hydrazine groups is 1. The topological polar surface area (TPSA) is 47.3 Å². The lowest BCUT2D eigenvalue weighted by Crippen LogP contribution is -2.33. The Kier molecular flexibility index (Phi) is 5.37. The number of hydrogen-bond acceptors (Lipinski definition) is 3. The summed E-state index contributed by atoms with van der Waals surface area (Å²) in [5.74, 6) is 5.65. The van der Waals surface area contributed by atoms with Gasteiger partial charge in [0.1, 0.15) is 18.2 Å².